The lowest BCUT2D eigenvalue weighted by molar-refractivity contribution is -0.324. The van der Waals surface area contributed by atoms with Crippen LogP contribution in [0.15, 0.2) is 0 Å². The van der Waals surface area contributed by atoms with Crippen LogP contribution in [0, 0.1) is 41.4 Å². The van der Waals surface area contributed by atoms with Crippen molar-refractivity contribution in [2.75, 3.05) is 5.75 Å². The third kappa shape index (κ3) is 2.39. The summed E-state index contributed by atoms with van der Waals surface area (Å²) in [5.74, 6) is -21.4. The summed E-state index contributed by atoms with van der Waals surface area (Å²) >= 11 is 0. The third-order valence-electron chi connectivity index (χ3n) is 7.44. The van der Waals surface area contributed by atoms with Crippen LogP contribution in [0.3, 0.4) is 0 Å². The van der Waals surface area contributed by atoms with Gasteiger partial charge in [0.15, 0.2) is 0 Å². The van der Waals surface area contributed by atoms with Crippen LogP contribution < -0.4 is 0 Å². The van der Waals surface area contributed by atoms with Crippen molar-refractivity contribution in [2.24, 2.45) is 41.4 Å². The Labute approximate surface area is 147 Å². The Kier molecular flexibility index (Phi) is 3.84. The van der Waals surface area contributed by atoms with Gasteiger partial charge in [0, 0.05) is 5.92 Å². The fraction of sp³-hybridized carbons (Fsp3) is 1.00. The van der Waals surface area contributed by atoms with Gasteiger partial charge >= 0.3 is 17.8 Å². The van der Waals surface area contributed by atoms with Gasteiger partial charge in [0.2, 0.25) is 0 Å². The molecule has 0 aromatic heterocycles. The van der Waals surface area contributed by atoms with E-state index in [2.05, 4.69) is 0 Å². The number of alkyl halides is 6. The molecule has 0 radical (unpaired) electrons. The summed E-state index contributed by atoms with van der Waals surface area (Å²) in [6.45, 7) is 0. The maximum Gasteiger partial charge on any atom is 0.373 e. The van der Waals surface area contributed by atoms with E-state index in [1.165, 1.54) is 0 Å². The molecule has 0 N–H and O–H groups in total. The van der Waals surface area contributed by atoms with Crippen LogP contribution in [-0.2, 0) is 10.1 Å². The van der Waals surface area contributed by atoms with Crippen molar-refractivity contribution < 1.29 is 39.3 Å². The van der Waals surface area contributed by atoms with Crippen LogP contribution in [0.5, 0.6) is 0 Å². The van der Waals surface area contributed by atoms with Gasteiger partial charge in [-0.25, -0.2) is 8.42 Å². The lowest BCUT2D eigenvalue weighted by Crippen LogP contribution is -2.61. The van der Waals surface area contributed by atoms with Gasteiger partial charge in [-0.05, 0) is 67.6 Å². The zero-order valence-electron chi connectivity index (χ0n) is 13.7. The SMILES string of the molecule is O=S(=O)([O-])CC(F)(F)C(F)(F)C(F)(F)C1CC2CC1C1C3CCC(C3)C21. The van der Waals surface area contributed by atoms with Crippen molar-refractivity contribution in [1.82, 2.24) is 0 Å². The topological polar surface area (TPSA) is 57.2 Å². The predicted octanol–water partition coefficient (Wildman–Crippen LogP) is 3.76. The molecular formula is C16H19F6O3S-. The fourth-order valence-corrected chi connectivity index (χ4v) is 7.40. The third-order valence-corrected chi connectivity index (χ3v) is 8.15. The molecule has 0 spiro atoms. The quantitative estimate of drug-likeness (QED) is 0.398. The lowest BCUT2D eigenvalue weighted by Gasteiger charge is -2.44. The van der Waals surface area contributed by atoms with Gasteiger partial charge in [-0.1, -0.05) is 0 Å². The minimum Gasteiger partial charge on any atom is -0.748 e. The molecule has 0 heterocycles. The van der Waals surface area contributed by atoms with E-state index in [9.17, 15) is 39.3 Å². The highest BCUT2D eigenvalue weighted by molar-refractivity contribution is 7.85. The molecule has 26 heavy (non-hydrogen) atoms. The first kappa shape index (κ1) is 18.8. The maximum atomic E-state index is 14.6. The van der Waals surface area contributed by atoms with Crippen LogP contribution in [0.1, 0.15) is 32.1 Å². The van der Waals surface area contributed by atoms with E-state index in [0.717, 1.165) is 19.3 Å². The Hall–Kier alpha value is -0.510. The second-order valence-corrected chi connectivity index (χ2v) is 10.00. The predicted molar refractivity (Wildman–Crippen MR) is 76.9 cm³/mol. The smallest absolute Gasteiger partial charge is 0.373 e. The van der Waals surface area contributed by atoms with Crippen molar-refractivity contribution in [3.63, 3.8) is 0 Å². The standard InChI is InChI=1S/C16H20F6O3S/c17-14(18,6-26(23,24)25)16(21,22)15(19,20)11-5-9-4-10(11)13-8-2-1-7(3-8)12(9)13/h7-13H,1-6H2,(H,23,24,25)/p-1. The Balaban J connectivity index is 1.61. The Morgan fingerprint density at radius 2 is 1.42 bits per heavy atom. The molecule has 10 heteroatoms. The molecule has 3 nitrogen and oxygen atoms in total. The van der Waals surface area contributed by atoms with E-state index in [4.69, 9.17) is 0 Å². The van der Waals surface area contributed by atoms with Crippen LogP contribution >= 0.6 is 0 Å². The first-order valence-electron chi connectivity index (χ1n) is 8.83. The molecule has 0 aromatic carbocycles. The normalized spacial score (nSPS) is 42.5. The fourth-order valence-electron chi connectivity index (χ4n) is 6.77. The molecule has 4 saturated carbocycles. The van der Waals surface area contributed by atoms with Gasteiger partial charge in [-0.15, -0.1) is 0 Å². The molecular weight excluding hydrogens is 386 g/mol. The molecule has 0 aromatic rings. The minimum atomic E-state index is -5.89. The number of hydrogen-bond donors (Lipinski definition) is 0. The summed E-state index contributed by atoms with van der Waals surface area (Å²) in [6, 6.07) is 0. The van der Waals surface area contributed by atoms with Crippen molar-refractivity contribution in [1.29, 1.82) is 0 Å². The van der Waals surface area contributed by atoms with Gasteiger partial charge in [-0.3, -0.25) is 0 Å². The molecule has 0 amide bonds. The van der Waals surface area contributed by atoms with Crippen LogP contribution in [-0.4, -0.2) is 36.5 Å². The Morgan fingerprint density at radius 1 is 0.846 bits per heavy atom. The molecule has 4 bridgehead atoms. The monoisotopic (exact) mass is 405 g/mol. The van der Waals surface area contributed by atoms with Gasteiger partial charge in [0.05, 0.1) is 0 Å². The van der Waals surface area contributed by atoms with Crippen molar-refractivity contribution in [2.45, 2.75) is 49.9 Å². The molecule has 4 fully saturated rings. The average Bonchev–Trinajstić information content (AvgIpc) is 3.22. The summed E-state index contributed by atoms with van der Waals surface area (Å²) < 4.78 is 116. The molecule has 0 aliphatic heterocycles. The zero-order valence-corrected chi connectivity index (χ0v) is 14.5. The van der Waals surface area contributed by atoms with Crippen LogP contribution in [0.25, 0.3) is 0 Å². The highest BCUT2D eigenvalue weighted by Gasteiger charge is 2.77. The summed E-state index contributed by atoms with van der Waals surface area (Å²) in [5, 5.41) is 0. The second kappa shape index (κ2) is 5.30. The Bertz CT molecular complexity index is 709. The Morgan fingerprint density at radius 3 is 2.00 bits per heavy atom. The van der Waals surface area contributed by atoms with Gasteiger partial charge in [-0.2, -0.15) is 26.3 Å². The molecule has 150 valence electrons. The average molecular weight is 405 g/mol. The minimum absolute atomic E-state index is 0.115. The van der Waals surface area contributed by atoms with Crippen molar-refractivity contribution in [3.8, 4) is 0 Å². The van der Waals surface area contributed by atoms with Crippen LogP contribution in [0.2, 0.25) is 0 Å². The molecule has 4 aliphatic rings. The first-order valence-corrected chi connectivity index (χ1v) is 10.4. The summed E-state index contributed by atoms with van der Waals surface area (Å²) in [5.41, 5.74) is 0. The van der Waals surface area contributed by atoms with E-state index in [-0.39, 0.29) is 30.1 Å². The van der Waals surface area contributed by atoms with Crippen molar-refractivity contribution in [3.05, 3.63) is 0 Å². The van der Waals surface area contributed by atoms with E-state index in [1.54, 1.807) is 0 Å². The molecule has 4 rings (SSSR count). The highest BCUT2D eigenvalue weighted by Crippen LogP contribution is 2.71. The maximum absolute atomic E-state index is 14.6. The summed E-state index contributed by atoms with van der Waals surface area (Å²) in [7, 11) is -5.79. The van der Waals surface area contributed by atoms with Gasteiger partial charge < -0.3 is 4.55 Å². The lowest BCUT2D eigenvalue weighted by atomic mass is 9.65. The number of fused-ring (bicyclic) bond motifs is 9. The second-order valence-electron chi connectivity index (χ2n) is 8.59. The van der Waals surface area contributed by atoms with Crippen LogP contribution in [0.4, 0.5) is 26.3 Å². The largest absolute Gasteiger partial charge is 0.748 e. The molecule has 4 aliphatic carbocycles. The van der Waals surface area contributed by atoms with E-state index in [0.29, 0.717) is 12.3 Å². The molecule has 7 unspecified atom stereocenters. The summed E-state index contributed by atoms with van der Waals surface area (Å²) in [4.78, 5) is 0. The van der Waals surface area contributed by atoms with E-state index in [1.807, 2.05) is 0 Å². The summed E-state index contributed by atoms with van der Waals surface area (Å²) in [6.07, 6.45) is 2.91. The van der Waals surface area contributed by atoms with E-state index >= 15 is 0 Å². The van der Waals surface area contributed by atoms with Gasteiger partial charge in [0.25, 0.3) is 0 Å². The highest BCUT2D eigenvalue weighted by atomic mass is 32.2. The number of hydrogen-bond acceptors (Lipinski definition) is 3. The molecule has 7 atom stereocenters. The van der Waals surface area contributed by atoms with Gasteiger partial charge in [0.1, 0.15) is 15.9 Å². The molecule has 0 saturated heterocycles. The number of rotatable bonds is 5. The van der Waals surface area contributed by atoms with Crippen molar-refractivity contribution >= 4 is 10.1 Å². The zero-order chi connectivity index (χ0) is 19.3. The van der Waals surface area contributed by atoms with E-state index < -0.39 is 45.5 Å². The number of halogens is 6. The first-order chi connectivity index (χ1) is 11.8.